The van der Waals surface area contributed by atoms with E-state index in [4.69, 9.17) is 14.9 Å². The van der Waals surface area contributed by atoms with Crippen molar-refractivity contribution in [1.82, 2.24) is 0 Å². The van der Waals surface area contributed by atoms with Gasteiger partial charge in [-0.05, 0) is 6.42 Å². The van der Waals surface area contributed by atoms with Gasteiger partial charge in [0.2, 0.25) is 0 Å². The van der Waals surface area contributed by atoms with Gasteiger partial charge < -0.3 is 14.9 Å². The number of hydrogen-bond donors (Lipinski definition) is 2. The highest BCUT2D eigenvalue weighted by Crippen LogP contribution is 2.19. The van der Waals surface area contributed by atoms with Crippen molar-refractivity contribution in [2.75, 3.05) is 0 Å². The fourth-order valence-electron chi connectivity index (χ4n) is 0.946. The van der Waals surface area contributed by atoms with Crippen LogP contribution in [-0.2, 0) is 9.53 Å². The first kappa shape index (κ1) is 7.91. The Balaban J connectivity index is 2.82. The third-order valence-corrected chi connectivity index (χ3v) is 1.56. The molecule has 1 atom stereocenters. The SMILES string of the molecule is CCC1OC(=O)CC(O)=C1O. The number of carbonyl (C=O) groups excluding carboxylic acids is 1. The summed E-state index contributed by atoms with van der Waals surface area (Å²) in [7, 11) is 0. The smallest absolute Gasteiger partial charge is 0.314 e. The molecule has 4 nitrogen and oxygen atoms in total. The van der Waals surface area contributed by atoms with Crippen LogP contribution in [0.15, 0.2) is 11.5 Å². The van der Waals surface area contributed by atoms with Crippen LogP contribution in [0, 0.1) is 0 Å². The van der Waals surface area contributed by atoms with Crippen LogP contribution in [-0.4, -0.2) is 22.3 Å². The number of esters is 1. The van der Waals surface area contributed by atoms with E-state index in [0.29, 0.717) is 6.42 Å². The molecule has 0 spiro atoms. The first-order valence-corrected chi connectivity index (χ1v) is 3.45. The minimum absolute atomic E-state index is 0.216. The highest BCUT2D eigenvalue weighted by atomic mass is 16.6. The van der Waals surface area contributed by atoms with Crippen molar-refractivity contribution < 1.29 is 19.7 Å². The van der Waals surface area contributed by atoms with Crippen LogP contribution in [0.5, 0.6) is 0 Å². The number of cyclic esters (lactones) is 1. The van der Waals surface area contributed by atoms with Gasteiger partial charge in [0.05, 0.1) is 0 Å². The highest BCUT2D eigenvalue weighted by Gasteiger charge is 2.27. The predicted octanol–water partition coefficient (Wildman–Crippen LogP) is 1.04. The first-order chi connectivity index (χ1) is 5.15. The number of hydrogen-bond acceptors (Lipinski definition) is 4. The summed E-state index contributed by atoms with van der Waals surface area (Å²) >= 11 is 0. The Morgan fingerprint density at radius 1 is 1.64 bits per heavy atom. The Kier molecular flexibility index (Phi) is 2.03. The number of rotatable bonds is 1. The highest BCUT2D eigenvalue weighted by molar-refractivity contribution is 5.73. The number of carbonyl (C=O) groups is 1. The van der Waals surface area contributed by atoms with Gasteiger partial charge in [-0.3, -0.25) is 4.79 Å². The molecule has 0 saturated carbocycles. The van der Waals surface area contributed by atoms with E-state index in [1.54, 1.807) is 6.92 Å². The molecular formula is C7H10O4. The average molecular weight is 158 g/mol. The van der Waals surface area contributed by atoms with Crippen molar-refractivity contribution in [2.45, 2.75) is 25.9 Å². The molecule has 0 aromatic heterocycles. The molecule has 0 aromatic carbocycles. The molecule has 2 N–H and O–H groups in total. The van der Waals surface area contributed by atoms with Gasteiger partial charge in [-0.25, -0.2) is 0 Å². The van der Waals surface area contributed by atoms with E-state index >= 15 is 0 Å². The lowest BCUT2D eigenvalue weighted by molar-refractivity contribution is -0.151. The molecule has 0 aromatic rings. The number of aliphatic hydroxyl groups is 2. The summed E-state index contributed by atoms with van der Waals surface area (Å²) in [5.74, 6) is -0.979. The Morgan fingerprint density at radius 2 is 2.27 bits per heavy atom. The topological polar surface area (TPSA) is 66.8 Å². The molecule has 0 bridgehead atoms. The summed E-state index contributed by atoms with van der Waals surface area (Å²) in [6, 6.07) is 0. The molecule has 0 amide bonds. The minimum atomic E-state index is -0.656. The van der Waals surface area contributed by atoms with Crippen LogP contribution in [0.3, 0.4) is 0 Å². The van der Waals surface area contributed by atoms with E-state index in [-0.39, 0.29) is 17.9 Å². The molecule has 1 aliphatic rings. The Hall–Kier alpha value is -1.19. The second-order valence-corrected chi connectivity index (χ2v) is 2.40. The standard InChI is InChI=1S/C7H10O4/c1-2-5-7(10)4(8)3-6(9)11-5/h5,8,10H,2-3H2,1H3. The summed E-state index contributed by atoms with van der Waals surface area (Å²) in [4.78, 5) is 10.7. The zero-order valence-corrected chi connectivity index (χ0v) is 6.20. The molecule has 62 valence electrons. The summed E-state index contributed by atoms with van der Waals surface area (Å²) in [5.41, 5.74) is 0. The molecule has 4 heteroatoms. The van der Waals surface area contributed by atoms with E-state index in [0.717, 1.165) is 0 Å². The minimum Gasteiger partial charge on any atom is -0.508 e. The molecule has 1 aliphatic heterocycles. The number of aliphatic hydroxyl groups excluding tert-OH is 2. The zero-order chi connectivity index (χ0) is 8.43. The summed E-state index contributed by atoms with van der Waals surface area (Å²) in [5, 5.41) is 18.1. The van der Waals surface area contributed by atoms with Crippen LogP contribution in [0.1, 0.15) is 19.8 Å². The lowest BCUT2D eigenvalue weighted by Gasteiger charge is -2.20. The van der Waals surface area contributed by atoms with Crippen molar-refractivity contribution in [3.05, 3.63) is 11.5 Å². The van der Waals surface area contributed by atoms with Gasteiger partial charge in [-0.2, -0.15) is 0 Å². The summed E-state index contributed by atoms with van der Waals surface area (Å²) in [6.45, 7) is 1.76. The molecule has 1 rings (SSSR count). The van der Waals surface area contributed by atoms with E-state index in [2.05, 4.69) is 0 Å². The summed E-state index contributed by atoms with van der Waals surface area (Å²) in [6.07, 6.45) is -0.402. The average Bonchev–Trinajstić information content (AvgIpc) is 1.96. The van der Waals surface area contributed by atoms with Crippen molar-refractivity contribution in [3.63, 3.8) is 0 Å². The van der Waals surface area contributed by atoms with Gasteiger partial charge in [0, 0.05) is 0 Å². The lowest BCUT2D eigenvalue weighted by atomic mass is 10.1. The largest absolute Gasteiger partial charge is 0.508 e. The van der Waals surface area contributed by atoms with Gasteiger partial charge >= 0.3 is 5.97 Å². The van der Waals surface area contributed by atoms with E-state index in [1.807, 2.05) is 0 Å². The molecule has 1 unspecified atom stereocenters. The fraction of sp³-hybridized carbons (Fsp3) is 0.571. The Bertz CT molecular complexity index is 206. The van der Waals surface area contributed by atoms with Gasteiger partial charge in [0.25, 0.3) is 0 Å². The van der Waals surface area contributed by atoms with Crippen LogP contribution in [0.25, 0.3) is 0 Å². The quantitative estimate of drug-likeness (QED) is 0.559. The maximum Gasteiger partial charge on any atom is 0.314 e. The molecule has 0 fully saturated rings. The van der Waals surface area contributed by atoms with Crippen molar-refractivity contribution in [1.29, 1.82) is 0 Å². The Labute approximate surface area is 64.1 Å². The van der Waals surface area contributed by atoms with Crippen LogP contribution in [0.2, 0.25) is 0 Å². The molecular weight excluding hydrogens is 148 g/mol. The van der Waals surface area contributed by atoms with Crippen molar-refractivity contribution in [3.8, 4) is 0 Å². The van der Waals surface area contributed by atoms with E-state index in [9.17, 15) is 4.79 Å². The zero-order valence-electron chi connectivity index (χ0n) is 6.20. The first-order valence-electron chi connectivity index (χ1n) is 3.45. The number of ether oxygens (including phenoxy) is 1. The lowest BCUT2D eigenvalue weighted by Crippen LogP contribution is -2.26. The maximum absolute atomic E-state index is 10.7. The monoisotopic (exact) mass is 158 g/mol. The molecule has 11 heavy (non-hydrogen) atoms. The fourth-order valence-corrected chi connectivity index (χ4v) is 0.946. The van der Waals surface area contributed by atoms with E-state index in [1.165, 1.54) is 0 Å². The second kappa shape index (κ2) is 2.82. The van der Waals surface area contributed by atoms with Crippen molar-refractivity contribution >= 4 is 5.97 Å². The molecule has 1 heterocycles. The molecule has 0 saturated heterocycles. The summed E-state index contributed by atoms with van der Waals surface area (Å²) < 4.78 is 4.71. The van der Waals surface area contributed by atoms with Crippen LogP contribution < -0.4 is 0 Å². The van der Waals surface area contributed by atoms with Gasteiger partial charge in [0.1, 0.15) is 12.2 Å². The van der Waals surface area contributed by atoms with Crippen molar-refractivity contribution in [2.24, 2.45) is 0 Å². The van der Waals surface area contributed by atoms with Crippen LogP contribution >= 0.6 is 0 Å². The Morgan fingerprint density at radius 3 is 2.82 bits per heavy atom. The maximum atomic E-state index is 10.7. The van der Waals surface area contributed by atoms with Crippen LogP contribution in [0.4, 0.5) is 0 Å². The second-order valence-electron chi connectivity index (χ2n) is 2.40. The van der Waals surface area contributed by atoms with Gasteiger partial charge in [-0.15, -0.1) is 0 Å². The molecule has 0 aliphatic carbocycles. The third-order valence-electron chi connectivity index (χ3n) is 1.56. The molecule has 0 radical (unpaired) electrons. The predicted molar refractivity (Wildman–Crippen MR) is 37.1 cm³/mol. The normalized spacial score (nSPS) is 25.2. The third kappa shape index (κ3) is 1.45. The van der Waals surface area contributed by atoms with Gasteiger partial charge in [-0.1, -0.05) is 6.92 Å². The van der Waals surface area contributed by atoms with E-state index < -0.39 is 12.1 Å². The van der Waals surface area contributed by atoms with Gasteiger partial charge in [0.15, 0.2) is 11.9 Å².